The van der Waals surface area contributed by atoms with Crippen LogP contribution in [-0.2, 0) is 13.1 Å². The van der Waals surface area contributed by atoms with Crippen LogP contribution in [0, 0.1) is 11.8 Å². The van der Waals surface area contributed by atoms with Gasteiger partial charge in [0.2, 0.25) is 0 Å². The number of aromatic nitrogens is 3. The number of piperidine rings is 1. The molecular weight excluding hydrogens is 274 g/mol. The van der Waals surface area contributed by atoms with Crippen LogP contribution in [0.15, 0.2) is 6.33 Å². The summed E-state index contributed by atoms with van der Waals surface area (Å²) >= 11 is 0. The summed E-state index contributed by atoms with van der Waals surface area (Å²) in [5.41, 5.74) is 5.67. The van der Waals surface area contributed by atoms with Gasteiger partial charge in [0.15, 0.2) is 0 Å². The fourth-order valence-corrected chi connectivity index (χ4v) is 2.88. The topological polar surface area (TPSA) is 60.0 Å². The molecule has 5 nitrogen and oxygen atoms in total. The molecule has 0 aliphatic carbocycles. The minimum atomic E-state index is 0. The summed E-state index contributed by atoms with van der Waals surface area (Å²) in [4.78, 5) is 6.92. The molecule has 20 heavy (non-hydrogen) atoms. The van der Waals surface area contributed by atoms with Crippen LogP contribution in [-0.4, -0.2) is 39.3 Å². The van der Waals surface area contributed by atoms with E-state index in [-0.39, 0.29) is 12.4 Å². The standard InChI is InChI=1S/C14H27N5.ClH/c1-12(2)8-19-14(16-11-17-19)10-18-7-3-4-13(9-18)5-6-15;/h11-13H,3-10,15H2,1-2H3;1H. The van der Waals surface area contributed by atoms with E-state index in [9.17, 15) is 0 Å². The Labute approximate surface area is 128 Å². The van der Waals surface area contributed by atoms with Crippen LogP contribution in [0.3, 0.4) is 0 Å². The third-order valence-electron chi connectivity index (χ3n) is 3.78. The van der Waals surface area contributed by atoms with Crippen molar-refractivity contribution in [3.05, 3.63) is 12.2 Å². The largest absolute Gasteiger partial charge is 0.330 e. The number of hydrogen-bond donors (Lipinski definition) is 1. The van der Waals surface area contributed by atoms with Crippen molar-refractivity contribution in [1.82, 2.24) is 19.7 Å². The Kier molecular flexibility index (Phi) is 7.48. The highest BCUT2D eigenvalue weighted by Gasteiger charge is 2.20. The SMILES string of the molecule is CC(C)Cn1ncnc1CN1CCCC(CCN)C1.Cl. The molecule has 0 radical (unpaired) electrons. The first-order chi connectivity index (χ1) is 9.19. The van der Waals surface area contributed by atoms with Crippen molar-refractivity contribution >= 4 is 12.4 Å². The quantitative estimate of drug-likeness (QED) is 0.872. The lowest BCUT2D eigenvalue weighted by atomic mass is 9.95. The zero-order valence-electron chi connectivity index (χ0n) is 12.7. The maximum absolute atomic E-state index is 5.67. The molecule has 2 rings (SSSR count). The molecule has 6 heteroatoms. The van der Waals surface area contributed by atoms with E-state index in [0.717, 1.165) is 44.3 Å². The van der Waals surface area contributed by atoms with Crippen LogP contribution in [0.4, 0.5) is 0 Å². The number of halogens is 1. The Morgan fingerprint density at radius 1 is 1.45 bits per heavy atom. The third-order valence-corrected chi connectivity index (χ3v) is 3.78. The highest BCUT2D eigenvalue weighted by molar-refractivity contribution is 5.85. The average Bonchev–Trinajstić information content (AvgIpc) is 2.77. The van der Waals surface area contributed by atoms with Gasteiger partial charge in [-0.1, -0.05) is 13.8 Å². The monoisotopic (exact) mass is 301 g/mol. The van der Waals surface area contributed by atoms with E-state index in [1.807, 2.05) is 0 Å². The van der Waals surface area contributed by atoms with Crippen molar-refractivity contribution < 1.29 is 0 Å². The molecule has 1 aliphatic rings. The molecule has 1 aromatic rings. The molecule has 0 amide bonds. The van der Waals surface area contributed by atoms with Crippen LogP contribution in [0.1, 0.15) is 38.9 Å². The minimum absolute atomic E-state index is 0. The summed E-state index contributed by atoms with van der Waals surface area (Å²) in [5.74, 6) is 2.47. The number of nitrogens with two attached hydrogens (primary N) is 1. The van der Waals surface area contributed by atoms with E-state index in [4.69, 9.17) is 5.73 Å². The Morgan fingerprint density at radius 3 is 2.95 bits per heavy atom. The van der Waals surface area contributed by atoms with Gasteiger partial charge in [0, 0.05) is 13.1 Å². The van der Waals surface area contributed by atoms with Gasteiger partial charge in [-0.25, -0.2) is 9.67 Å². The van der Waals surface area contributed by atoms with Crippen molar-refractivity contribution in [2.75, 3.05) is 19.6 Å². The summed E-state index contributed by atoms with van der Waals surface area (Å²) in [6.07, 6.45) is 5.43. The highest BCUT2D eigenvalue weighted by Crippen LogP contribution is 2.20. The predicted molar refractivity (Wildman–Crippen MR) is 83.8 cm³/mol. The molecule has 1 aromatic heterocycles. The zero-order valence-corrected chi connectivity index (χ0v) is 13.5. The zero-order chi connectivity index (χ0) is 13.7. The summed E-state index contributed by atoms with van der Waals surface area (Å²) < 4.78 is 2.05. The number of rotatable bonds is 6. The Bertz CT molecular complexity index is 377. The van der Waals surface area contributed by atoms with Gasteiger partial charge in [-0.05, 0) is 44.2 Å². The molecule has 2 heterocycles. The molecule has 0 spiro atoms. The first-order valence-corrected chi connectivity index (χ1v) is 7.48. The first-order valence-electron chi connectivity index (χ1n) is 7.48. The van der Waals surface area contributed by atoms with E-state index < -0.39 is 0 Å². The van der Waals surface area contributed by atoms with Gasteiger partial charge in [0.1, 0.15) is 12.2 Å². The molecule has 1 fully saturated rings. The molecule has 1 unspecified atom stereocenters. The van der Waals surface area contributed by atoms with Gasteiger partial charge in [0.05, 0.1) is 6.54 Å². The summed E-state index contributed by atoms with van der Waals surface area (Å²) in [6.45, 7) is 9.44. The van der Waals surface area contributed by atoms with Gasteiger partial charge in [0.25, 0.3) is 0 Å². The van der Waals surface area contributed by atoms with Crippen LogP contribution in [0.5, 0.6) is 0 Å². The normalized spacial score (nSPS) is 20.1. The number of nitrogens with zero attached hydrogens (tertiary/aromatic N) is 4. The van der Waals surface area contributed by atoms with Crippen LogP contribution in [0.25, 0.3) is 0 Å². The molecular formula is C14H28ClN5. The molecule has 116 valence electrons. The van der Waals surface area contributed by atoms with Crippen molar-refractivity contribution in [3.63, 3.8) is 0 Å². The third kappa shape index (κ3) is 5.04. The molecule has 0 saturated carbocycles. The van der Waals surface area contributed by atoms with Crippen molar-refractivity contribution in [2.45, 2.75) is 46.2 Å². The highest BCUT2D eigenvalue weighted by atomic mass is 35.5. The van der Waals surface area contributed by atoms with Gasteiger partial charge in [-0.2, -0.15) is 5.10 Å². The summed E-state index contributed by atoms with van der Waals surface area (Å²) in [6, 6.07) is 0. The predicted octanol–water partition coefficient (Wildman–Crippen LogP) is 1.92. The van der Waals surface area contributed by atoms with E-state index in [0.29, 0.717) is 5.92 Å². The van der Waals surface area contributed by atoms with Gasteiger partial charge < -0.3 is 5.73 Å². The van der Waals surface area contributed by atoms with E-state index >= 15 is 0 Å². The van der Waals surface area contributed by atoms with Crippen LogP contribution >= 0.6 is 12.4 Å². The second-order valence-corrected chi connectivity index (χ2v) is 6.07. The average molecular weight is 302 g/mol. The molecule has 1 saturated heterocycles. The van der Waals surface area contributed by atoms with Gasteiger partial charge in [-0.3, -0.25) is 4.90 Å². The van der Waals surface area contributed by atoms with Crippen LogP contribution < -0.4 is 5.73 Å². The minimum Gasteiger partial charge on any atom is -0.330 e. The fraction of sp³-hybridized carbons (Fsp3) is 0.857. The van der Waals surface area contributed by atoms with Crippen molar-refractivity contribution in [1.29, 1.82) is 0 Å². The molecule has 2 N–H and O–H groups in total. The van der Waals surface area contributed by atoms with E-state index in [2.05, 4.69) is 33.5 Å². The van der Waals surface area contributed by atoms with Gasteiger partial charge >= 0.3 is 0 Å². The fourth-order valence-electron chi connectivity index (χ4n) is 2.88. The van der Waals surface area contributed by atoms with Gasteiger partial charge in [-0.15, -0.1) is 12.4 Å². The summed E-state index contributed by atoms with van der Waals surface area (Å²) in [5, 5.41) is 4.34. The van der Waals surface area contributed by atoms with E-state index in [1.165, 1.54) is 19.4 Å². The maximum atomic E-state index is 5.67. The molecule has 0 aromatic carbocycles. The molecule has 1 aliphatic heterocycles. The molecule has 1 atom stereocenters. The smallest absolute Gasteiger partial charge is 0.141 e. The van der Waals surface area contributed by atoms with Crippen LogP contribution in [0.2, 0.25) is 0 Å². The molecule has 0 bridgehead atoms. The second-order valence-electron chi connectivity index (χ2n) is 6.07. The first kappa shape index (κ1) is 17.4. The number of likely N-dealkylation sites (tertiary alicyclic amines) is 1. The lowest BCUT2D eigenvalue weighted by molar-refractivity contribution is 0.157. The Balaban J connectivity index is 0.00000200. The van der Waals surface area contributed by atoms with Crippen molar-refractivity contribution in [2.24, 2.45) is 17.6 Å². The number of hydrogen-bond acceptors (Lipinski definition) is 4. The lowest BCUT2D eigenvalue weighted by Gasteiger charge is -2.32. The Hall–Kier alpha value is -0.650. The lowest BCUT2D eigenvalue weighted by Crippen LogP contribution is -2.36. The van der Waals surface area contributed by atoms with Crippen molar-refractivity contribution in [3.8, 4) is 0 Å². The Morgan fingerprint density at radius 2 is 2.25 bits per heavy atom. The summed E-state index contributed by atoms with van der Waals surface area (Å²) in [7, 11) is 0. The van der Waals surface area contributed by atoms with E-state index in [1.54, 1.807) is 6.33 Å². The maximum Gasteiger partial charge on any atom is 0.141 e. The second kappa shape index (κ2) is 8.60.